The van der Waals surface area contributed by atoms with Gasteiger partial charge in [-0.15, -0.1) is 11.3 Å². The molecule has 3 heteroatoms. The van der Waals surface area contributed by atoms with Crippen LogP contribution in [0.3, 0.4) is 0 Å². The van der Waals surface area contributed by atoms with E-state index in [1.165, 1.54) is 4.88 Å². The van der Waals surface area contributed by atoms with Crippen molar-refractivity contribution in [1.82, 2.24) is 4.90 Å². The lowest BCUT2D eigenvalue weighted by Crippen LogP contribution is -2.35. The molecule has 1 heterocycles. The van der Waals surface area contributed by atoms with E-state index in [0.717, 1.165) is 26.1 Å². The third kappa shape index (κ3) is 3.13. The average molecular weight is 264 g/mol. The lowest BCUT2D eigenvalue weighted by atomic mass is 9.74. The summed E-state index contributed by atoms with van der Waals surface area (Å²) in [5, 5.41) is 11.8. The van der Waals surface area contributed by atoms with Gasteiger partial charge in [0.25, 0.3) is 0 Å². The minimum atomic E-state index is -0.323. The highest BCUT2D eigenvalue weighted by atomic mass is 32.1. The summed E-state index contributed by atoms with van der Waals surface area (Å²) in [4.78, 5) is 3.61. The molecule has 2 nitrogen and oxygen atoms in total. The molecule has 1 aromatic heterocycles. The molecule has 0 aliphatic carbocycles. The van der Waals surface area contributed by atoms with E-state index in [4.69, 9.17) is 0 Å². The fourth-order valence-electron chi connectivity index (χ4n) is 2.34. The summed E-state index contributed by atoms with van der Waals surface area (Å²) >= 11 is 1.71. The lowest BCUT2D eigenvalue weighted by Gasteiger charge is -2.32. The van der Waals surface area contributed by atoms with Gasteiger partial charge in [-0.2, -0.15) is 5.26 Å². The fraction of sp³-hybridized carbons (Fsp3) is 0.667. The predicted octanol–water partition coefficient (Wildman–Crippen LogP) is 3.90. The largest absolute Gasteiger partial charge is 0.304 e. The van der Waals surface area contributed by atoms with E-state index in [1.807, 2.05) is 6.07 Å². The topological polar surface area (TPSA) is 27.0 Å². The first-order valence-electron chi connectivity index (χ1n) is 6.78. The molecule has 1 aromatic rings. The van der Waals surface area contributed by atoms with E-state index in [1.54, 1.807) is 11.3 Å². The van der Waals surface area contributed by atoms with Crippen LogP contribution in [0.5, 0.6) is 0 Å². The van der Waals surface area contributed by atoms with Crippen molar-refractivity contribution < 1.29 is 0 Å². The van der Waals surface area contributed by atoms with Crippen LogP contribution in [0.1, 0.15) is 39.0 Å². The molecule has 1 atom stereocenters. The highest BCUT2D eigenvalue weighted by molar-refractivity contribution is 7.10. The summed E-state index contributed by atoms with van der Waals surface area (Å²) in [5.41, 5.74) is -0.323. The summed E-state index contributed by atoms with van der Waals surface area (Å²) in [6, 6.07) is 6.76. The van der Waals surface area contributed by atoms with Crippen molar-refractivity contribution in [2.45, 2.75) is 39.5 Å². The fourth-order valence-corrected chi connectivity index (χ4v) is 3.40. The molecular weight excluding hydrogens is 240 g/mol. The van der Waals surface area contributed by atoms with Crippen LogP contribution < -0.4 is 0 Å². The second kappa shape index (κ2) is 6.92. The highest BCUT2D eigenvalue weighted by Gasteiger charge is 2.36. The van der Waals surface area contributed by atoms with Crippen LogP contribution in [0, 0.1) is 17.2 Å². The SMILES string of the molecule is CCN(CC)CCC(C#N)(c1cccs1)C(C)C. The van der Waals surface area contributed by atoms with Crippen molar-refractivity contribution in [3.05, 3.63) is 22.4 Å². The number of nitrogens with zero attached hydrogens (tertiary/aromatic N) is 2. The molecule has 0 N–H and O–H groups in total. The van der Waals surface area contributed by atoms with Gasteiger partial charge in [0.1, 0.15) is 0 Å². The Balaban J connectivity index is 2.90. The van der Waals surface area contributed by atoms with Crippen LogP contribution in [-0.4, -0.2) is 24.5 Å². The Morgan fingerprint density at radius 2 is 2.06 bits per heavy atom. The van der Waals surface area contributed by atoms with Crippen molar-refractivity contribution in [2.75, 3.05) is 19.6 Å². The summed E-state index contributed by atoms with van der Waals surface area (Å²) in [6.07, 6.45) is 0.920. The van der Waals surface area contributed by atoms with Crippen LogP contribution in [0.25, 0.3) is 0 Å². The quantitative estimate of drug-likeness (QED) is 0.747. The second-order valence-corrected chi connectivity index (χ2v) is 5.94. The van der Waals surface area contributed by atoms with Gasteiger partial charge >= 0.3 is 0 Å². The van der Waals surface area contributed by atoms with Gasteiger partial charge in [-0.05, 0) is 43.4 Å². The minimum Gasteiger partial charge on any atom is -0.304 e. The van der Waals surface area contributed by atoms with Crippen LogP contribution in [0.15, 0.2) is 17.5 Å². The van der Waals surface area contributed by atoms with Gasteiger partial charge in [-0.3, -0.25) is 0 Å². The second-order valence-electron chi connectivity index (χ2n) is 4.99. The molecule has 0 spiro atoms. The third-order valence-corrected chi connectivity index (χ3v) is 4.91. The average Bonchev–Trinajstić information content (AvgIpc) is 2.89. The maximum absolute atomic E-state index is 9.72. The van der Waals surface area contributed by atoms with Crippen LogP contribution >= 0.6 is 11.3 Å². The number of rotatable bonds is 7. The van der Waals surface area contributed by atoms with Crippen LogP contribution in [0.4, 0.5) is 0 Å². The lowest BCUT2D eigenvalue weighted by molar-refractivity contribution is 0.254. The Morgan fingerprint density at radius 1 is 1.39 bits per heavy atom. The van der Waals surface area contributed by atoms with Gasteiger partial charge in [0.15, 0.2) is 0 Å². The standard InChI is InChI=1S/C15H24N2S/c1-5-17(6-2)10-9-15(12-16,13(3)4)14-8-7-11-18-14/h7-8,11,13H,5-6,9-10H2,1-4H3. The molecule has 0 saturated heterocycles. The maximum Gasteiger partial charge on any atom is 0.0949 e. The number of thiophene rings is 1. The predicted molar refractivity (Wildman–Crippen MR) is 78.9 cm³/mol. The van der Waals surface area contributed by atoms with E-state index >= 15 is 0 Å². The van der Waals surface area contributed by atoms with Crippen molar-refractivity contribution >= 4 is 11.3 Å². The first-order valence-corrected chi connectivity index (χ1v) is 7.66. The summed E-state index contributed by atoms with van der Waals surface area (Å²) in [7, 11) is 0. The van der Waals surface area contributed by atoms with E-state index < -0.39 is 0 Å². The molecule has 0 amide bonds. The first-order chi connectivity index (χ1) is 8.60. The first kappa shape index (κ1) is 15.2. The Hall–Kier alpha value is -0.850. The molecule has 0 radical (unpaired) electrons. The van der Waals surface area contributed by atoms with Crippen molar-refractivity contribution in [2.24, 2.45) is 5.92 Å². The van der Waals surface area contributed by atoms with Crippen LogP contribution in [0.2, 0.25) is 0 Å². The molecule has 0 aliphatic rings. The Kier molecular flexibility index (Phi) is 5.84. The summed E-state index contributed by atoms with van der Waals surface area (Å²) < 4.78 is 0. The van der Waals surface area contributed by atoms with Gasteiger partial charge in [-0.25, -0.2) is 0 Å². The Bertz CT molecular complexity index is 374. The smallest absolute Gasteiger partial charge is 0.0949 e. The number of hydrogen-bond donors (Lipinski definition) is 0. The Labute approximate surface area is 115 Å². The van der Waals surface area contributed by atoms with E-state index in [2.05, 4.69) is 50.1 Å². The molecule has 100 valence electrons. The van der Waals surface area contributed by atoms with Crippen LogP contribution in [-0.2, 0) is 5.41 Å². The number of hydrogen-bond acceptors (Lipinski definition) is 3. The van der Waals surface area contributed by atoms with Gasteiger partial charge in [0.2, 0.25) is 0 Å². The summed E-state index contributed by atoms with van der Waals surface area (Å²) in [5.74, 6) is 0.344. The van der Waals surface area contributed by atoms with Crippen molar-refractivity contribution in [3.63, 3.8) is 0 Å². The van der Waals surface area contributed by atoms with E-state index in [0.29, 0.717) is 5.92 Å². The number of nitriles is 1. The van der Waals surface area contributed by atoms with Crippen molar-refractivity contribution in [3.8, 4) is 6.07 Å². The maximum atomic E-state index is 9.72. The third-order valence-electron chi connectivity index (χ3n) is 3.86. The normalized spacial score (nSPS) is 14.7. The van der Waals surface area contributed by atoms with E-state index in [-0.39, 0.29) is 5.41 Å². The summed E-state index contributed by atoms with van der Waals surface area (Å²) in [6.45, 7) is 11.8. The van der Waals surface area contributed by atoms with Gasteiger partial charge in [-0.1, -0.05) is 33.8 Å². The molecular formula is C15H24N2S. The van der Waals surface area contributed by atoms with Gasteiger partial charge < -0.3 is 4.90 Å². The van der Waals surface area contributed by atoms with Crippen molar-refractivity contribution in [1.29, 1.82) is 5.26 Å². The zero-order chi connectivity index (χ0) is 13.6. The molecule has 0 fully saturated rings. The molecule has 1 unspecified atom stereocenters. The monoisotopic (exact) mass is 264 g/mol. The molecule has 0 aromatic carbocycles. The molecule has 0 bridgehead atoms. The zero-order valence-electron chi connectivity index (χ0n) is 11.9. The molecule has 0 saturated carbocycles. The van der Waals surface area contributed by atoms with Gasteiger partial charge in [0.05, 0.1) is 11.5 Å². The molecule has 18 heavy (non-hydrogen) atoms. The molecule has 1 rings (SSSR count). The van der Waals surface area contributed by atoms with E-state index in [9.17, 15) is 5.26 Å². The minimum absolute atomic E-state index is 0.323. The zero-order valence-corrected chi connectivity index (χ0v) is 12.8. The highest BCUT2D eigenvalue weighted by Crippen LogP contribution is 2.38. The Morgan fingerprint density at radius 3 is 2.44 bits per heavy atom. The van der Waals surface area contributed by atoms with Gasteiger partial charge in [0, 0.05) is 4.88 Å². The molecule has 0 aliphatic heterocycles.